The van der Waals surface area contributed by atoms with Crippen molar-refractivity contribution in [1.82, 2.24) is 15.1 Å². The largest absolute Gasteiger partial charge is 0.497 e. The van der Waals surface area contributed by atoms with E-state index in [1.54, 1.807) is 52.7 Å². The van der Waals surface area contributed by atoms with Crippen LogP contribution in [-0.2, 0) is 39.0 Å². The van der Waals surface area contributed by atoms with Gasteiger partial charge in [-0.15, -0.1) is 0 Å². The Balaban J connectivity index is 1.24. The number of halogens is 1. The Hall–Kier alpha value is -3.50. The van der Waals surface area contributed by atoms with E-state index in [4.69, 9.17) is 16.3 Å². The molecule has 5 rings (SSSR count). The van der Waals surface area contributed by atoms with Crippen molar-refractivity contribution in [3.05, 3.63) is 70.4 Å². The highest BCUT2D eigenvalue weighted by atomic mass is 35.5. The number of nitrogens with one attached hydrogen (secondary N) is 2. The summed E-state index contributed by atoms with van der Waals surface area (Å²) in [6, 6.07) is 14.4. The zero-order valence-corrected chi connectivity index (χ0v) is 21.8. The standard InChI is InChI=1S/C26H26ClN5O4S/c1-36-20-8-2-16(3-9-20)11-28-23(33)13-32-25(21-14-37-15-22(21)30-32)29-26(35)17-10-24(34)31(12-17)19-6-4-18(27)5-7-19/h2-9,17H,10-15H2,1H3,(H,28,33)(H,29,35). The van der Waals surface area contributed by atoms with E-state index < -0.39 is 5.92 Å². The molecular formula is C26H26ClN5O4S. The molecule has 3 amide bonds. The maximum absolute atomic E-state index is 13.2. The minimum atomic E-state index is -0.514. The number of anilines is 2. The van der Waals surface area contributed by atoms with Crippen molar-refractivity contribution in [3.8, 4) is 5.75 Å². The van der Waals surface area contributed by atoms with Gasteiger partial charge in [0.05, 0.1) is 18.7 Å². The van der Waals surface area contributed by atoms with Crippen LogP contribution in [-0.4, -0.2) is 41.2 Å². The third-order valence-corrected chi connectivity index (χ3v) is 7.66. The van der Waals surface area contributed by atoms with Crippen molar-refractivity contribution >= 4 is 52.6 Å². The molecular weight excluding hydrogens is 514 g/mol. The first-order valence-corrected chi connectivity index (χ1v) is 13.4. The number of ether oxygens (including phenoxy) is 1. The molecule has 0 aliphatic carbocycles. The predicted octanol–water partition coefficient (Wildman–Crippen LogP) is 3.60. The van der Waals surface area contributed by atoms with E-state index in [-0.39, 0.29) is 37.2 Å². The van der Waals surface area contributed by atoms with Gasteiger partial charge in [-0.1, -0.05) is 23.7 Å². The molecule has 0 radical (unpaired) electrons. The third-order valence-electron chi connectivity index (χ3n) is 6.44. The molecule has 192 valence electrons. The summed E-state index contributed by atoms with van der Waals surface area (Å²) in [6.45, 7) is 0.621. The molecule has 37 heavy (non-hydrogen) atoms. The van der Waals surface area contributed by atoms with E-state index in [0.29, 0.717) is 28.8 Å². The average molecular weight is 540 g/mol. The highest BCUT2D eigenvalue weighted by Gasteiger charge is 2.36. The lowest BCUT2D eigenvalue weighted by Crippen LogP contribution is -2.31. The summed E-state index contributed by atoms with van der Waals surface area (Å²) < 4.78 is 6.72. The van der Waals surface area contributed by atoms with Crippen LogP contribution in [0.25, 0.3) is 0 Å². The number of fused-ring (bicyclic) bond motifs is 1. The summed E-state index contributed by atoms with van der Waals surface area (Å²) in [6.07, 6.45) is 0.113. The molecule has 2 aliphatic heterocycles. The topological polar surface area (TPSA) is 106 Å². The van der Waals surface area contributed by atoms with Gasteiger partial charge in [0.2, 0.25) is 17.7 Å². The fourth-order valence-electron chi connectivity index (χ4n) is 4.43. The molecule has 3 aromatic rings. The van der Waals surface area contributed by atoms with Gasteiger partial charge in [-0.25, -0.2) is 4.68 Å². The summed E-state index contributed by atoms with van der Waals surface area (Å²) in [5, 5.41) is 11.0. The quantitative estimate of drug-likeness (QED) is 0.453. The van der Waals surface area contributed by atoms with E-state index in [0.717, 1.165) is 28.3 Å². The van der Waals surface area contributed by atoms with Crippen LogP contribution in [0, 0.1) is 5.92 Å². The van der Waals surface area contributed by atoms with Crippen molar-refractivity contribution < 1.29 is 19.1 Å². The smallest absolute Gasteiger partial charge is 0.242 e. The second kappa shape index (κ2) is 10.9. The van der Waals surface area contributed by atoms with Gasteiger partial charge in [0, 0.05) is 47.3 Å². The van der Waals surface area contributed by atoms with Crippen LogP contribution in [0.3, 0.4) is 0 Å². The molecule has 1 fully saturated rings. The van der Waals surface area contributed by atoms with Gasteiger partial charge in [0.1, 0.15) is 18.1 Å². The van der Waals surface area contributed by atoms with E-state index in [9.17, 15) is 14.4 Å². The number of aromatic nitrogens is 2. The second-order valence-corrected chi connectivity index (χ2v) is 10.3. The number of hydrogen-bond acceptors (Lipinski definition) is 6. The van der Waals surface area contributed by atoms with Crippen molar-refractivity contribution in [2.45, 2.75) is 31.0 Å². The SMILES string of the molecule is COc1ccc(CNC(=O)Cn2nc3c(c2NC(=O)C2CC(=O)N(c4ccc(Cl)cc4)C2)CSC3)cc1. The summed E-state index contributed by atoms with van der Waals surface area (Å²) in [5.41, 5.74) is 3.45. The first-order chi connectivity index (χ1) is 17.9. The van der Waals surface area contributed by atoms with Crippen LogP contribution in [0.5, 0.6) is 5.75 Å². The lowest BCUT2D eigenvalue weighted by atomic mass is 10.1. The fourth-order valence-corrected chi connectivity index (χ4v) is 5.59. The zero-order valence-electron chi connectivity index (χ0n) is 20.2. The van der Waals surface area contributed by atoms with Crippen molar-refractivity contribution in [3.63, 3.8) is 0 Å². The number of carbonyl (C=O) groups is 3. The van der Waals surface area contributed by atoms with E-state index >= 15 is 0 Å². The minimum Gasteiger partial charge on any atom is -0.497 e. The Labute approximate surface area is 223 Å². The van der Waals surface area contributed by atoms with Crippen molar-refractivity contribution in [1.29, 1.82) is 0 Å². The lowest BCUT2D eigenvalue weighted by molar-refractivity contribution is -0.122. The molecule has 2 aliphatic rings. The third kappa shape index (κ3) is 5.60. The number of carbonyl (C=O) groups excluding carboxylic acids is 3. The Bertz CT molecular complexity index is 1330. The number of benzene rings is 2. The second-order valence-electron chi connectivity index (χ2n) is 8.92. The first kappa shape index (κ1) is 25.2. The molecule has 0 bridgehead atoms. The molecule has 9 nitrogen and oxygen atoms in total. The maximum Gasteiger partial charge on any atom is 0.242 e. The highest BCUT2D eigenvalue weighted by Crippen LogP contribution is 2.35. The molecule has 3 heterocycles. The van der Waals surface area contributed by atoms with Crippen LogP contribution in [0.1, 0.15) is 23.2 Å². The van der Waals surface area contributed by atoms with Gasteiger partial charge in [-0.3, -0.25) is 14.4 Å². The fraction of sp³-hybridized carbons (Fsp3) is 0.308. The van der Waals surface area contributed by atoms with Crippen molar-refractivity contribution in [2.24, 2.45) is 5.92 Å². The monoisotopic (exact) mass is 539 g/mol. The minimum absolute atomic E-state index is 0.0239. The Morgan fingerprint density at radius 3 is 2.62 bits per heavy atom. The van der Waals surface area contributed by atoms with E-state index in [1.807, 2.05) is 24.3 Å². The molecule has 1 atom stereocenters. The Morgan fingerprint density at radius 1 is 1.14 bits per heavy atom. The Kier molecular flexibility index (Phi) is 7.38. The summed E-state index contributed by atoms with van der Waals surface area (Å²) >= 11 is 7.67. The lowest BCUT2D eigenvalue weighted by Gasteiger charge is -2.17. The van der Waals surface area contributed by atoms with Gasteiger partial charge in [0.15, 0.2) is 0 Å². The first-order valence-electron chi connectivity index (χ1n) is 11.8. The molecule has 1 saturated heterocycles. The molecule has 1 aromatic heterocycles. The predicted molar refractivity (Wildman–Crippen MR) is 143 cm³/mol. The van der Waals surface area contributed by atoms with Gasteiger partial charge < -0.3 is 20.3 Å². The normalized spacial score (nSPS) is 16.5. The van der Waals surface area contributed by atoms with Gasteiger partial charge >= 0.3 is 0 Å². The van der Waals surface area contributed by atoms with Crippen LogP contribution in [0.2, 0.25) is 5.02 Å². The molecule has 2 N–H and O–H groups in total. The summed E-state index contributed by atoms with van der Waals surface area (Å²) in [5.74, 6) is 1.61. The molecule has 11 heteroatoms. The van der Waals surface area contributed by atoms with Gasteiger partial charge in [0.25, 0.3) is 0 Å². The van der Waals surface area contributed by atoms with Crippen LogP contribution in [0.4, 0.5) is 11.5 Å². The average Bonchev–Trinajstić information content (AvgIpc) is 3.60. The number of nitrogens with zero attached hydrogens (tertiary/aromatic N) is 3. The molecule has 2 aromatic carbocycles. The van der Waals surface area contributed by atoms with Crippen LogP contribution >= 0.6 is 23.4 Å². The number of rotatable bonds is 8. The summed E-state index contributed by atoms with van der Waals surface area (Å²) in [7, 11) is 1.60. The number of hydrogen-bond donors (Lipinski definition) is 2. The van der Waals surface area contributed by atoms with Crippen molar-refractivity contribution in [2.75, 3.05) is 23.9 Å². The summed E-state index contributed by atoms with van der Waals surface area (Å²) in [4.78, 5) is 40.2. The molecule has 0 spiro atoms. The van der Waals surface area contributed by atoms with E-state index in [1.165, 1.54) is 0 Å². The maximum atomic E-state index is 13.2. The number of thioether (sulfide) groups is 1. The highest BCUT2D eigenvalue weighted by molar-refractivity contribution is 7.98. The zero-order chi connectivity index (χ0) is 25.9. The number of amides is 3. The van der Waals surface area contributed by atoms with Crippen LogP contribution < -0.4 is 20.3 Å². The number of methoxy groups -OCH3 is 1. The van der Waals surface area contributed by atoms with Gasteiger partial charge in [-0.05, 0) is 42.0 Å². The van der Waals surface area contributed by atoms with Crippen LogP contribution in [0.15, 0.2) is 48.5 Å². The Morgan fingerprint density at radius 2 is 1.89 bits per heavy atom. The van der Waals surface area contributed by atoms with Gasteiger partial charge in [-0.2, -0.15) is 16.9 Å². The van der Waals surface area contributed by atoms with E-state index in [2.05, 4.69) is 15.7 Å². The molecule has 1 unspecified atom stereocenters. The molecule has 0 saturated carbocycles.